The number of aryl methyl sites for hydroxylation is 1. The zero-order valence-corrected chi connectivity index (χ0v) is 14.7. The highest BCUT2D eigenvalue weighted by Gasteiger charge is 2.09. The summed E-state index contributed by atoms with van der Waals surface area (Å²) in [5, 5.41) is 11.2. The molecule has 20 heavy (non-hydrogen) atoms. The molecule has 1 rings (SSSR count). The van der Waals surface area contributed by atoms with Gasteiger partial charge in [-0.1, -0.05) is 26.0 Å². The first-order valence-corrected chi connectivity index (χ1v) is 7.11. The summed E-state index contributed by atoms with van der Waals surface area (Å²) in [5.41, 5.74) is 3.25. The van der Waals surface area contributed by atoms with E-state index >= 15 is 0 Å². The highest BCUT2D eigenvalue weighted by molar-refractivity contribution is 8.93. The van der Waals surface area contributed by atoms with Crippen LogP contribution in [-0.2, 0) is 9.53 Å². The lowest BCUT2D eigenvalue weighted by Gasteiger charge is -2.15. The Morgan fingerprint density at radius 3 is 2.65 bits per heavy atom. The van der Waals surface area contributed by atoms with Crippen LogP contribution in [0.25, 0.3) is 0 Å². The van der Waals surface area contributed by atoms with Crippen molar-refractivity contribution in [3.8, 4) is 0 Å². The molecule has 0 aliphatic rings. The van der Waals surface area contributed by atoms with Crippen molar-refractivity contribution in [2.75, 3.05) is 11.3 Å². The lowest BCUT2D eigenvalue weighted by atomic mass is 9.99. The highest BCUT2D eigenvalue weighted by Crippen LogP contribution is 2.26. The molecule has 0 atom stereocenters. The SMILES string of the molecule is Br.CC(=O)OCSC(=N)Nc1cc(C)ccc1C(C)C. The monoisotopic (exact) mass is 360 g/mol. The lowest BCUT2D eigenvalue weighted by molar-refractivity contribution is -0.138. The summed E-state index contributed by atoms with van der Waals surface area (Å²) < 4.78 is 4.79. The molecule has 0 saturated heterocycles. The van der Waals surface area contributed by atoms with Gasteiger partial charge in [0.05, 0.1) is 0 Å². The fourth-order valence-corrected chi connectivity index (χ4v) is 2.14. The van der Waals surface area contributed by atoms with E-state index in [0.29, 0.717) is 5.92 Å². The van der Waals surface area contributed by atoms with Crippen LogP contribution in [0.15, 0.2) is 18.2 Å². The smallest absolute Gasteiger partial charge is 0.303 e. The van der Waals surface area contributed by atoms with Crippen LogP contribution in [-0.4, -0.2) is 17.1 Å². The van der Waals surface area contributed by atoms with E-state index in [9.17, 15) is 4.79 Å². The van der Waals surface area contributed by atoms with Crippen LogP contribution in [0.2, 0.25) is 0 Å². The van der Waals surface area contributed by atoms with Crippen molar-refractivity contribution in [2.45, 2.75) is 33.6 Å². The number of thioether (sulfide) groups is 1. The van der Waals surface area contributed by atoms with E-state index < -0.39 is 0 Å². The van der Waals surface area contributed by atoms with E-state index in [0.717, 1.165) is 23.0 Å². The van der Waals surface area contributed by atoms with Crippen molar-refractivity contribution in [3.05, 3.63) is 29.3 Å². The molecule has 6 heteroatoms. The summed E-state index contributed by atoms with van der Waals surface area (Å²) >= 11 is 1.16. The molecule has 0 fully saturated rings. The van der Waals surface area contributed by atoms with Gasteiger partial charge in [0.15, 0.2) is 5.17 Å². The normalized spacial score (nSPS) is 9.85. The number of benzene rings is 1. The van der Waals surface area contributed by atoms with Crippen LogP contribution in [0.1, 0.15) is 37.8 Å². The minimum Gasteiger partial charge on any atom is -0.454 e. The van der Waals surface area contributed by atoms with Crippen molar-refractivity contribution in [2.24, 2.45) is 0 Å². The van der Waals surface area contributed by atoms with Crippen molar-refractivity contribution in [3.63, 3.8) is 0 Å². The highest BCUT2D eigenvalue weighted by atomic mass is 79.9. The second kappa shape index (κ2) is 9.02. The van der Waals surface area contributed by atoms with Crippen molar-refractivity contribution in [1.29, 1.82) is 5.41 Å². The van der Waals surface area contributed by atoms with E-state index in [-0.39, 0.29) is 34.1 Å². The van der Waals surface area contributed by atoms with E-state index in [1.54, 1.807) is 0 Å². The van der Waals surface area contributed by atoms with E-state index in [1.807, 2.05) is 13.0 Å². The molecule has 2 N–H and O–H groups in total. The molecule has 0 bridgehead atoms. The Morgan fingerprint density at radius 2 is 2.10 bits per heavy atom. The Balaban J connectivity index is 0.00000361. The van der Waals surface area contributed by atoms with Crippen molar-refractivity contribution < 1.29 is 9.53 Å². The maximum atomic E-state index is 10.6. The number of hydrogen-bond donors (Lipinski definition) is 2. The van der Waals surface area contributed by atoms with Crippen LogP contribution in [0.5, 0.6) is 0 Å². The molecule has 112 valence electrons. The van der Waals surface area contributed by atoms with Crippen molar-refractivity contribution >= 4 is 45.6 Å². The fraction of sp³-hybridized carbons (Fsp3) is 0.429. The zero-order valence-electron chi connectivity index (χ0n) is 12.1. The van der Waals surface area contributed by atoms with Crippen LogP contribution in [0.4, 0.5) is 5.69 Å². The summed E-state index contributed by atoms with van der Waals surface area (Å²) in [5.74, 6) is 0.206. The average molecular weight is 361 g/mol. The second-order valence-corrected chi connectivity index (χ2v) is 5.53. The van der Waals surface area contributed by atoms with Gasteiger partial charge in [0.1, 0.15) is 5.94 Å². The molecular formula is C14H21BrN2O2S. The van der Waals surface area contributed by atoms with E-state index in [1.165, 1.54) is 12.5 Å². The number of esters is 1. The number of amidine groups is 1. The molecule has 0 heterocycles. The molecule has 0 aliphatic carbocycles. The van der Waals surface area contributed by atoms with E-state index in [2.05, 4.69) is 31.3 Å². The van der Waals surface area contributed by atoms with Gasteiger partial charge in [0, 0.05) is 12.6 Å². The van der Waals surface area contributed by atoms with Gasteiger partial charge in [-0.2, -0.15) is 0 Å². The maximum absolute atomic E-state index is 10.6. The molecule has 0 aliphatic heterocycles. The summed E-state index contributed by atoms with van der Waals surface area (Å²) in [6, 6.07) is 6.17. The quantitative estimate of drug-likeness (QED) is 0.363. The number of hydrogen-bond acceptors (Lipinski definition) is 4. The molecule has 0 spiro atoms. The largest absolute Gasteiger partial charge is 0.454 e. The number of anilines is 1. The van der Waals surface area contributed by atoms with Crippen LogP contribution >= 0.6 is 28.7 Å². The summed E-state index contributed by atoms with van der Waals surface area (Å²) in [4.78, 5) is 10.6. The summed E-state index contributed by atoms with van der Waals surface area (Å²) in [6.07, 6.45) is 0. The van der Waals surface area contributed by atoms with Crippen LogP contribution in [0, 0.1) is 12.3 Å². The third kappa shape index (κ3) is 6.43. The van der Waals surface area contributed by atoms with Crippen LogP contribution in [0.3, 0.4) is 0 Å². The number of ether oxygens (including phenoxy) is 1. The number of carbonyl (C=O) groups is 1. The van der Waals surface area contributed by atoms with Gasteiger partial charge in [-0.15, -0.1) is 17.0 Å². The molecule has 0 aromatic heterocycles. The summed E-state index contributed by atoms with van der Waals surface area (Å²) in [7, 11) is 0. The lowest BCUT2D eigenvalue weighted by Crippen LogP contribution is -2.11. The van der Waals surface area contributed by atoms with Gasteiger partial charge in [0.2, 0.25) is 0 Å². The van der Waals surface area contributed by atoms with Crippen molar-refractivity contribution in [1.82, 2.24) is 0 Å². The number of halogens is 1. The van der Waals surface area contributed by atoms with Gasteiger partial charge >= 0.3 is 5.97 Å². The predicted molar refractivity (Wildman–Crippen MR) is 91.2 cm³/mol. The fourth-order valence-electron chi connectivity index (χ4n) is 1.61. The Morgan fingerprint density at radius 1 is 1.45 bits per heavy atom. The Kier molecular flexibility index (Phi) is 8.57. The first kappa shape index (κ1) is 19.0. The predicted octanol–water partition coefficient (Wildman–Crippen LogP) is 4.30. The van der Waals surface area contributed by atoms with Gasteiger partial charge in [-0.3, -0.25) is 10.2 Å². The number of carbonyl (C=O) groups excluding carboxylic acids is 1. The zero-order chi connectivity index (χ0) is 14.4. The third-order valence-electron chi connectivity index (χ3n) is 2.54. The van der Waals surface area contributed by atoms with Gasteiger partial charge in [-0.25, -0.2) is 0 Å². The average Bonchev–Trinajstić information content (AvgIpc) is 2.27. The standard InChI is InChI=1S/C14H20N2O2S.BrH/c1-9(2)12-6-5-10(3)7-13(12)16-14(15)19-8-18-11(4)17;/h5-7,9H,8H2,1-4H3,(H2,15,16);1H. The second-order valence-electron chi connectivity index (χ2n) is 4.60. The topological polar surface area (TPSA) is 62.2 Å². The molecule has 0 saturated carbocycles. The minimum atomic E-state index is -0.335. The molecule has 0 radical (unpaired) electrons. The molecule has 1 aromatic rings. The van der Waals surface area contributed by atoms with Gasteiger partial charge in [-0.05, 0) is 41.8 Å². The molecule has 0 unspecified atom stereocenters. The summed E-state index contributed by atoms with van der Waals surface area (Å²) in [6.45, 7) is 7.61. The Labute approximate surface area is 134 Å². The number of nitrogens with one attached hydrogen (secondary N) is 2. The molecular weight excluding hydrogens is 340 g/mol. The Bertz CT molecular complexity index is 478. The van der Waals surface area contributed by atoms with Gasteiger partial charge in [0.25, 0.3) is 0 Å². The molecule has 0 amide bonds. The molecule has 4 nitrogen and oxygen atoms in total. The van der Waals surface area contributed by atoms with E-state index in [4.69, 9.17) is 10.1 Å². The van der Waals surface area contributed by atoms with Gasteiger partial charge < -0.3 is 10.1 Å². The Hall–Kier alpha value is -1.01. The number of rotatable bonds is 4. The van der Waals surface area contributed by atoms with Crippen LogP contribution < -0.4 is 5.32 Å². The first-order valence-electron chi connectivity index (χ1n) is 6.12. The first-order chi connectivity index (χ1) is 8.90. The minimum absolute atomic E-state index is 0. The third-order valence-corrected chi connectivity index (χ3v) is 3.17. The molecule has 1 aromatic carbocycles. The maximum Gasteiger partial charge on any atom is 0.303 e.